The number of ether oxygens (including phenoxy) is 1. The summed E-state index contributed by atoms with van der Waals surface area (Å²) in [5.74, 6) is -0.325. The quantitative estimate of drug-likeness (QED) is 0.374. The highest BCUT2D eigenvalue weighted by molar-refractivity contribution is 7.21. The molecule has 8 nitrogen and oxygen atoms in total. The van der Waals surface area contributed by atoms with Crippen LogP contribution in [0.4, 0.5) is 10.5 Å². The molecule has 36 heavy (non-hydrogen) atoms. The second-order valence-electron chi connectivity index (χ2n) is 8.79. The number of aromatic nitrogens is 1. The Kier molecular flexibility index (Phi) is 5.93. The van der Waals surface area contributed by atoms with Crippen LogP contribution in [0.2, 0.25) is 0 Å². The third kappa shape index (κ3) is 4.29. The first-order valence-electron chi connectivity index (χ1n) is 11.3. The van der Waals surface area contributed by atoms with Crippen LogP contribution in [-0.4, -0.2) is 41.4 Å². The van der Waals surface area contributed by atoms with E-state index in [1.54, 1.807) is 61.8 Å². The zero-order valence-corrected chi connectivity index (χ0v) is 20.8. The molecule has 0 radical (unpaired) electrons. The zero-order valence-electron chi connectivity index (χ0n) is 20.0. The number of nitrogens with zero attached hydrogens (tertiary/aromatic N) is 2. The smallest absolute Gasteiger partial charge is 0.325 e. The van der Waals surface area contributed by atoms with Crippen molar-refractivity contribution in [1.29, 1.82) is 0 Å². The molecule has 0 aliphatic carbocycles. The standard InChI is InChI=1S/C27H24N4O4S/c1-16-4-13-21-22(14-16)36-24(29-21)17-5-9-19(10-6-17)28-23(32)15-31-25(33)27(2,30-26(31)34)18-7-11-20(35-3)12-8-18/h4-14H,15H2,1-3H3,(H,28,32)(H,30,34)/t27-/m0/s1. The van der Waals surface area contributed by atoms with Crippen LogP contribution >= 0.6 is 11.3 Å². The fourth-order valence-electron chi connectivity index (χ4n) is 4.16. The number of urea groups is 1. The van der Waals surface area contributed by atoms with Gasteiger partial charge >= 0.3 is 6.03 Å². The molecule has 0 bridgehead atoms. The molecule has 0 spiro atoms. The van der Waals surface area contributed by atoms with Gasteiger partial charge in [0.15, 0.2) is 0 Å². The van der Waals surface area contributed by atoms with Gasteiger partial charge in [0, 0.05) is 11.3 Å². The van der Waals surface area contributed by atoms with Gasteiger partial charge in [-0.2, -0.15) is 0 Å². The number of carbonyl (C=O) groups is 3. The minimum atomic E-state index is -1.26. The van der Waals surface area contributed by atoms with E-state index in [1.165, 1.54) is 5.56 Å². The Bertz CT molecular complexity index is 1480. The molecular formula is C27H24N4O4S. The highest BCUT2D eigenvalue weighted by Gasteiger charge is 2.49. The molecule has 2 heterocycles. The molecular weight excluding hydrogens is 476 g/mol. The first-order valence-corrected chi connectivity index (χ1v) is 12.1. The van der Waals surface area contributed by atoms with Gasteiger partial charge in [0.2, 0.25) is 5.91 Å². The van der Waals surface area contributed by atoms with Crippen molar-refractivity contribution in [2.24, 2.45) is 0 Å². The van der Waals surface area contributed by atoms with Crippen molar-refractivity contribution in [2.45, 2.75) is 19.4 Å². The maximum Gasteiger partial charge on any atom is 0.325 e. The molecule has 3 aromatic carbocycles. The van der Waals surface area contributed by atoms with Crippen molar-refractivity contribution < 1.29 is 19.1 Å². The van der Waals surface area contributed by atoms with Crippen LogP contribution in [0.5, 0.6) is 5.75 Å². The summed E-state index contributed by atoms with van der Waals surface area (Å²) in [6.45, 7) is 3.28. The number of benzene rings is 3. The molecule has 4 aromatic rings. The normalized spacial score (nSPS) is 17.4. The van der Waals surface area contributed by atoms with Crippen molar-refractivity contribution in [3.05, 3.63) is 77.9 Å². The summed E-state index contributed by atoms with van der Waals surface area (Å²) in [6.07, 6.45) is 0. The van der Waals surface area contributed by atoms with Gasteiger partial charge in [0.1, 0.15) is 22.8 Å². The molecule has 2 N–H and O–H groups in total. The lowest BCUT2D eigenvalue weighted by Crippen LogP contribution is -2.42. The molecule has 1 atom stereocenters. The van der Waals surface area contributed by atoms with E-state index in [-0.39, 0.29) is 0 Å². The van der Waals surface area contributed by atoms with E-state index in [4.69, 9.17) is 4.74 Å². The third-order valence-electron chi connectivity index (χ3n) is 6.20. The molecule has 4 amide bonds. The van der Waals surface area contributed by atoms with Crippen LogP contribution in [0.1, 0.15) is 18.1 Å². The molecule has 0 saturated carbocycles. The molecule has 5 rings (SSSR count). The van der Waals surface area contributed by atoms with Crippen LogP contribution in [-0.2, 0) is 15.1 Å². The summed E-state index contributed by atoms with van der Waals surface area (Å²) >= 11 is 1.61. The lowest BCUT2D eigenvalue weighted by molar-refractivity contribution is -0.133. The van der Waals surface area contributed by atoms with Gasteiger partial charge in [-0.3, -0.25) is 14.5 Å². The molecule has 1 aliphatic rings. The average Bonchev–Trinajstić information content (AvgIpc) is 3.39. The number of nitrogens with one attached hydrogen (secondary N) is 2. The molecule has 182 valence electrons. The number of anilines is 1. The number of rotatable bonds is 6. The molecule has 9 heteroatoms. The molecule has 1 aliphatic heterocycles. The van der Waals surface area contributed by atoms with Gasteiger partial charge in [0.25, 0.3) is 5.91 Å². The minimum absolute atomic E-state index is 0.393. The van der Waals surface area contributed by atoms with Gasteiger partial charge in [-0.05, 0) is 73.5 Å². The number of fused-ring (bicyclic) bond motifs is 1. The first-order chi connectivity index (χ1) is 17.3. The fraction of sp³-hybridized carbons (Fsp3) is 0.185. The van der Waals surface area contributed by atoms with Crippen molar-refractivity contribution in [2.75, 3.05) is 19.0 Å². The van der Waals surface area contributed by atoms with Gasteiger partial charge in [-0.15, -0.1) is 11.3 Å². The SMILES string of the molecule is COc1ccc([C@]2(C)NC(=O)N(CC(=O)Nc3ccc(-c4nc5ccc(C)cc5s4)cc3)C2=O)cc1. The number of imide groups is 1. The summed E-state index contributed by atoms with van der Waals surface area (Å²) in [5.41, 5.74) is 2.98. The lowest BCUT2D eigenvalue weighted by Gasteiger charge is -2.22. The van der Waals surface area contributed by atoms with Gasteiger partial charge < -0.3 is 15.4 Å². The van der Waals surface area contributed by atoms with E-state index in [0.29, 0.717) is 17.0 Å². The zero-order chi connectivity index (χ0) is 25.4. The van der Waals surface area contributed by atoms with Gasteiger partial charge in [0.05, 0.1) is 17.3 Å². The lowest BCUT2D eigenvalue weighted by atomic mass is 9.92. The Hall–Kier alpha value is -4.24. The Labute approximate surface area is 211 Å². The fourth-order valence-corrected chi connectivity index (χ4v) is 5.23. The summed E-state index contributed by atoms with van der Waals surface area (Å²) in [4.78, 5) is 44.0. The first kappa shape index (κ1) is 23.5. The molecule has 1 fully saturated rings. The van der Waals surface area contributed by atoms with Crippen molar-refractivity contribution in [1.82, 2.24) is 15.2 Å². The van der Waals surface area contributed by atoms with Crippen molar-refractivity contribution >= 4 is 45.1 Å². The maximum absolute atomic E-state index is 13.1. The second-order valence-corrected chi connectivity index (χ2v) is 9.82. The Balaban J connectivity index is 1.25. The van der Waals surface area contributed by atoms with Crippen LogP contribution < -0.4 is 15.4 Å². The van der Waals surface area contributed by atoms with Crippen LogP contribution in [0, 0.1) is 6.92 Å². The third-order valence-corrected chi connectivity index (χ3v) is 7.27. The Morgan fingerprint density at radius 3 is 2.50 bits per heavy atom. The summed E-state index contributed by atoms with van der Waals surface area (Å²) in [7, 11) is 1.55. The number of aryl methyl sites for hydroxylation is 1. The van der Waals surface area contributed by atoms with Crippen molar-refractivity contribution in [3.63, 3.8) is 0 Å². The van der Waals surface area contributed by atoms with E-state index in [0.717, 1.165) is 25.7 Å². The van der Waals surface area contributed by atoms with Gasteiger partial charge in [-0.25, -0.2) is 9.78 Å². The monoisotopic (exact) mass is 500 g/mol. The van der Waals surface area contributed by atoms with E-state index in [9.17, 15) is 14.4 Å². The number of thiazole rings is 1. The van der Waals surface area contributed by atoms with E-state index < -0.39 is 29.9 Å². The largest absolute Gasteiger partial charge is 0.497 e. The predicted octanol–water partition coefficient (Wildman–Crippen LogP) is 4.69. The van der Waals surface area contributed by atoms with Crippen LogP contribution in [0.25, 0.3) is 20.8 Å². The van der Waals surface area contributed by atoms with E-state index >= 15 is 0 Å². The summed E-state index contributed by atoms with van der Waals surface area (Å²) < 4.78 is 6.28. The minimum Gasteiger partial charge on any atom is -0.497 e. The number of hydrogen-bond acceptors (Lipinski definition) is 6. The highest BCUT2D eigenvalue weighted by atomic mass is 32.1. The number of methoxy groups -OCH3 is 1. The van der Waals surface area contributed by atoms with Crippen LogP contribution in [0.3, 0.4) is 0 Å². The van der Waals surface area contributed by atoms with E-state index in [2.05, 4.69) is 28.6 Å². The Morgan fingerprint density at radius 2 is 1.81 bits per heavy atom. The molecule has 1 saturated heterocycles. The molecule has 1 aromatic heterocycles. The second kappa shape index (κ2) is 9.09. The van der Waals surface area contributed by atoms with Gasteiger partial charge in [-0.1, -0.05) is 18.2 Å². The summed E-state index contributed by atoms with van der Waals surface area (Å²) in [5, 5.41) is 6.36. The van der Waals surface area contributed by atoms with E-state index in [1.807, 2.05) is 24.3 Å². The average molecular weight is 501 g/mol. The topological polar surface area (TPSA) is 101 Å². The van der Waals surface area contributed by atoms with Crippen LogP contribution in [0.15, 0.2) is 66.7 Å². The predicted molar refractivity (Wildman–Crippen MR) is 139 cm³/mol. The number of carbonyl (C=O) groups excluding carboxylic acids is 3. The number of hydrogen-bond donors (Lipinski definition) is 2. The number of amides is 4. The summed E-state index contributed by atoms with van der Waals surface area (Å²) in [6, 6.07) is 19.7. The molecule has 0 unspecified atom stereocenters. The maximum atomic E-state index is 13.1. The Morgan fingerprint density at radius 1 is 1.08 bits per heavy atom. The highest BCUT2D eigenvalue weighted by Crippen LogP contribution is 2.32. The van der Waals surface area contributed by atoms with Crippen molar-refractivity contribution in [3.8, 4) is 16.3 Å².